The van der Waals surface area contributed by atoms with Gasteiger partial charge in [-0.2, -0.15) is 0 Å². The molecular formula is C11H14N4O3S. The first kappa shape index (κ1) is 13.6. The maximum absolute atomic E-state index is 10.6. The first-order valence-corrected chi connectivity index (χ1v) is 6.73. The van der Waals surface area contributed by atoms with Crippen LogP contribution in [0.5, 0.6) is 0 Å². The summed E-state index contributed by atoms with van der Waals surface area (Å²) in [6.45, 7) is 4.46. The fraction of sp³-hybridized carbons (Fsp3) is 0.455. The average molecular weight is 282 g/mol. The third-order valence-corrected chi connectivity index (χ3v) is 3.34. The normalized spacial score (nSPS) is 11.1. The van der Waals surface area contributed by atoms with Gasteiger partial charge >= 0.3 is 5.97 Å². The number of nitrogens with zero attached hydrogens (tertiary/aromatic N) is 4. The van der Waals surface area contributed by atoms with Crippen molar-refractivity contribution in [2.75, 3.05) is 5.75 Å². The van der Waals surface area contributed by atoms with Gasteiger partial charge in [0.05, 0.1) is 18.5 Å². The number of rotatable bonds is 6. The van der Waals surface area contributed by atoms with Crippen molar-refractivity contribution < 1.29 is 14.4 Å². The fourth-order valence-corrected chi connectivity index (χ4v) is 2.25. The summed E-state index contributed by atoms with van der Waals surface area (Å²) in [5.74, 6) is 0.732. The molecule has 0 aliphatic heterocycles. The van der Waals surface area contributed by atoms with Gasteiger partial charge in [-0.15, -0.1) is 10.2 Å². The monoisotopic (exact) mass is 282 g/mol. The molecule has 0 aliphatic carbocycles. The molecule has 2 aromatic heterocycles. The van der Waals surface area contributed by atoms with Crippen LogP contribution in [0.3, 0.4) is 0 Å². The van der Waals surface area contributed by atoms with Crippen molar-refractivity contribution in [2.24, 2.45) is 0 Å². The van der Waals surface area contributed by atoms with E-state index in [0.717, 1.165) is 17.6 Å². The van der Waals surface area contributed by atoms with Crippen molar-refractivity contribution in [1.29, 1.82) is 0 Å². The Morgan fingerprint density at radius 2 is 2.32 bits per heavy atom. The third kappa shape index (κ3) is 3.34. The second-order valence-corrected chi connectivity index (χ2v) is 5.19. The van der Waals surface area contributed by atoms with Gasteiger partial charge in [0.25, 0.3) is 0 Å². The Bertz CT molecular complexity index is 550. The summed E-state index contributed by atoms with van der Waals surface area (Å²) in [5, 5.41) is 21.1. The molecule has 0 saturated carbocycles. The van der Waals surface area contributed by atoms with Gasteiger partial charge in [0.1, 0.15) is 5.82 Å². The molecular weight excluding hydrogens is 268 g/mol. The number of hydrogen-bond donors (Lipinski definition) is 1. The second-order valence-electron chi connectivity index (χ2n) is 4.24. The van der Waals surface area contributed by atoms with Gasteiger partial charge in [0.2, 0.25) is 0 Å². The van der Waals surface area contributed by atoms with Gasteiger partial charge in [0.15, 0.2) is 10.9 Å². The molecule has 8 heteroatoms. The highest BCUT2D eigenvalue weighted by atomic mass is 32.2. The van der Waals surface area contributed by atoms with Crippen LogP contribution in [0.4, 0.5) is 0 Å². The van der Waals surface area contributed by atoms with Crippen molar-refractivity contribution in [1.82, 2.24) is 19.9 Å². The third-order valence-electron chi connectivity index (χ3n) is 2.39. The molecule has 0 amide bonds. The van der Waals surface area contributed by atoms with Crippen molar-refractivity contribution in [3.05, 3.63) is 23.8 Å². The summed E-state index contributed by atoms with van der Waals surface area (Å²) in [5.41, 5.74) is 0. The van der Waals surface area contributed by atoms with Crippen molar-refractivity contribution in [3.8, 4) is 0 Å². The Labute approximate surface area is 114 Å². The molecule has 2 aromatic rings. The van der Waals surface area contributed by atoms with E-state index in [-0.39, 0.29) is 11.7 Å². The van der Waals surface area contributed by atoms with E-state index in [1.807, 2.05) is 18.4 Å². The molecule has 2 rings (SSSR count). The van der Waals surface area contributed by atoms with Crippen LogP contribution in [-0.2, 0) is 11.3 Å². The molecule has 19 heavy (non-hydrogen) atoms. The highest BCUT2D eigenvalue weighted by Crippen LogP contribution is 2.22. The Balaban J connectivity index is 2.25. The number of aliphatic carboxylic acids is 1. The molecule has 0 aliphatic rings. The summed E-state index contributed by atoms with van der Waals surface area (Å²) in [6.07, 6.45) is 1.57. The van der Waals surface area contributed by atoms with Crippen molar-refractivity contribution in [2.45, 2.75) is 31.5 Å². The molecule has 0 fully saturated rings. The van der Waals surface area contributed by atoms with Gasteiger partial charge in [-0.05, 0) is 0 Å². The first-order chi connectivity index (χ1) is 9.08. The van der Waals surface area contributed by atoms with E-state index in [1.54, 1.807) is 12.3 Å². The predicted octanol–water partition coefficient (Wildman–Crippen LogP) is 1.61. The van der Waals surface area contributed by atoms with E-state index in [4.69, 9.17) is 9.63 Å². The maximum Gasteiger partial charge on any atom is 0.313 e. The molecule has 0 spiro atoms. The summed E-state index contributed by atoms with van der Waals surface area (Å²) in [7, 11) is 0. The van der Waals surface area contributed by atoms with E-state index >= 15 is 0 Å². The lowest BCUT2D eigenvalue weighted by molar-refractivity contribution is -0.133. The number of carboxylic acids is 1. The largest absolute Gasteiger partial charge is 0.481 e. The topological polar surface area (TPSA) is 94.0 Å². The zero-order valence-corrected chi connectivity index (χ0v) is 11.4. The van der Waals surface area contributed by atoms with Gasteiger partial charge in [0, 0.05) is 12.0 Å². The zero-order valence-electron chi connectivity index (χ0n) is 10.6. The Morgan fingerprint density at radius 1 is 1.53 bits per heavy atom. The van der Waals surface area contributed by atoms with Crippen LogP contribution in [-0.4, -0.2) is 36.7 Å². The van der Waals surface area contributed by atoms with E-state index in [9.17, 15) is 4.79 Å². The van der Waals surface area contributed by atoms with Crippen LogP contribution in [0.25, 0.3) is 0 Å². The number of carboxylic acid groups (broad SMARTS) is 1. The van der Waals surface area contributed by atoms with E-state index in [2.05, 4.69) is 15.4 Å². The van der Waals surface area contributed by atoms with Gasteiger partial charge in [-0.25, -0.2) is 0 Å². The Hall–Kier alpha value is -1.83. The lowest BCUT2D eigenvalue weighted by Gasteiger charge is -2.09. The highest BCUT2D eigenvalue weighted by molar-refractivity contribution is 7.99. The van der Waals surface area contributed by atoms with Crippen LogP contribution in [0.2, 0.25) is 0 Å². The van der Waals surface area contributed by atoms with Crippen LogP contribution in [0.1, 0.15) is 31.4 Å². The molecule has 0 unspecified atom stereocenters. The molecule has 0 aromatic carbocycles. The predicted molar refractivity (Wildman–Crippen MR) is 68.1 cm³/mol. The average Bonchev–Trinajstić information content (AvgIpc) is 2.96. The maximum atomic E-state index is 10.6. The van der Waals surface area contributed by atoms with Gasteiger partial charge < -0.3 is 9.63 Å². The lowest BCUT2D eigenvalue weighted by Crippen LogP contribution is -2.08. The molecule has 1 N–H and O–H groups in total. The molecule has 0 atom stereocenters. The van der Waals surface area contributed by atoms with E-state index < -0.39 is 5.97 Å². The number of hydrogen-bond acceptors (Lipinski definition) is 6. The lowest BCUT2D eigenvalue weighted by atomic mass is 10.2. The number of thioether (sulfide) groups is 1. The second kappa shape index (κ2) is 5.87. The minimum atomic E-state index is -0.884. The summed E-state index contributed by atoms with van der Waals surface area (Å²) in [4.78, 5) is 10.6. The van der Waals surface area contributed by atoms with Crippen LogP contribution < -0.4 is 0 Å². The zero-order chi connectivity index (χ0) is 13.8. The molecule has 0 bridgehead atoms. The number of carbonyl (C=O) groups is 1. The van der Waals surface area contributed by atoms with Gasteiger partial charge in [-0.1, -0.05) is 30.8 Å². The smallest absolute Gasteiger partial charge is 0.313 e. The minimum Gasteiger partial charge on any atom is -0.481 e. The molecule has 2 heterocycles. The van der Waals surface area contributed by atoms with Crippen molar-refractivity contribution >= 4 is 17.7 Å². The summed E-state index contributed by atoms with van der Waals surface area (Å²) >= 11 is 1.14. The summed E-state index contributed by atoms with van der Waals surface area (Å²) < 4.78 is 6.93. The quantitative estimate of drug-likeness (QED) is 0.804. The van der Waals surface area contributed by atoms with Crippen LogP contribution >= 0.6 is 11.8 Å². The Morgan fingerprint density at radius 3 is 2.89 bits per heavy atom. The minimum absolute atomic E-state index is 0.0490. The van der Waals surface area contributed by atoms with Crippen LogP contribution in [0.15, 0.2) is 21.9 Å². The molecule has 0 saturated heterocycles. The van der Waals surface area contributed by atoms with Crippen molar-refractivity contribution in [3.63, 3.8) is 0 Å². The van der Waals surface area contributed by atoms with Gasteiger partial charge in [-0.3, -0.25) is 9.36 Å². The number of aromatic nitrogens is 4. The summed E-state index contributed by atoms with van der Waals surface area (Å²) in [6, 6.07) is 1.76. The Kier molecular flexibility index (Phi) is 4.20. The molecule has 0 radical (unpaired) electrons. The van der Waals surface area contributed by atoms with E-state index in [0.29, 0.717) is 17.5 Å². The first-order valence-electron chi connectivity index (χ1n) is 5.75. The standard InChI is InChI=1S/C11H14N4O3S/c1-7(2)10-13-14-11(19-6-9(16)17)15(10)5-8-3-4-12-18-8/h3-4,7H,5-6H2,1-2H3,(H,16,17). The SMILES string of the molecule is CC(C)c1nnc(SCC(=O)O)n1Cc1ccno1. The van der Waals surface area contributed by atoms with Crippen LogP contribution in [0, 0.1) is 0 Å². The highest BCUT2D eigenvalue weighted by Gasteiger charge is 2.17. The van der Waals surface area contributed by atoms with E-state index in [1.165, 1.54) is 0 Å². The molecule has 7 nitrogen and oxygen atoms in total. The fourth-order valence-electron chi connectivity index (χ4n) is 1.59. The molecule has 102 valence electrons.